The summed E-state index contributed by atoms with van der Waals surface area (Å²) in [6.07, 6.45) is 6.79. The lowest BCUT2D eigenvalue weighted by atomic mass is 9.48. The average molecular weight is 434 g/mol. The first kappa shape index (κ1) is 21.6. The number of carbonyl (C=O) groups excluding carboxylic acids is 3. The molecule has 0 bridgehead atoms. The Morgan fingerprint density at radius 2 is 1.97 bits per heavy atom. The van der Waals surface area contributed by atoms with Crippen molar-refractivity contribution in [2.75, 3.05) is 6.54 Å². The summed E-state index contributed by atoms with van der Waals surface area (Å²) in [7, 11) is 0. The number of carbonyl (C=O) groups is 3. The van der Waals surface area contributed by atoms with Crippen LogP contribution < -0.4 is 5.32 Å². The van der Waals surface area contributed by atoms with Crippen molar-refractivity contribution < 1.29 is 19.1 Å². The summed E-state index contributed by atoms with van der Waals surface area (Å²) in [5.74, 6) is 1.16. The minimum absolute atomic E-state index is 0.0152. The number of ether oxygens (including phenoxy) is 1. The van der Waals surface area contributed by atoms with Gasteiger partial charge in [-0.15, -0.1) is 0 Å². The van der Waals surface area contributed by atoms with Crippen molar-refractivity contribution in [3.63, 3.8) is 0 Å². The Hall–Kier alpha value is -1.62. The van der Waals surface area contributed by atoms with Gasteiger partial charge in [0.1, 0.15) is 11.9 Å². The van der Waals surface area contributed by atoms with E-state index in [-0.39, 0.29) is 41.2 Å². The molecule has 30 heavy (non-hydrogen) atoms. The molecule has 0 aromatic rings. The third-order valence-electron chi connectivity index (χ3n) is 8.70. The Kier molecular flexibility index (Phi) is 5.41. The molecule has 1 unspecified atom stereocenters. The monoisotopic (exact) mass is 433 g/mol. The SMILES string of the molecule is CCNC(=O)OC1CC(=O)C=C2C(Cl)=C[C@H]3[C@@H]4CC[C@H](C(C)=O)[C@@]4(C)CC[C@@H]3[C@]21C. The normalized spacial score (nSPS) is 42.3. The third-order valence-corrected chi connectivity index (χ3v) is 9.03. The molecule has 0 aromatic carbocycles. The van der Waals surface area contributed by atoms with Crippen molar-refractivity contribution in [2.24, 2.45) is 34.5 Å². The summed E-state index contributed by atoms with van der Waals surface area (Å²) >= 11 is 6.78. The molecule has 2 saturated carbocycles. The molecule has 5 nitrogen and oxygen atoms in total. The molecule has 4 aliphatic rings. The van der Waals surface area contributed by atoms with Gasteiger partial charge in [-0.2, -0.15) is 0 Å². The number of nitrogens with one attached hydrogen (secondary N) is 1. The van der Waals surface area contributed by atoms with E-state index in [9.17, 15) is 14.4 Å². The second kappa shape index (κ2) is 7.51. The largest absolute Gasteiger partial charge is 0.445 e. The highest BCUT2D eigenvalue weighted by Crippen LogP contribution is 2.66. The fourth-order valence-electron chi connectivity index (χ4n) is 7.24. The Balaban J connectivity index is 1.75. The molecule has 6 heteroatoms. The molecule has 2 fully saturated rings. The number of Topliss-reactive ketones (excluding diaryl/α,β-unsaturated/α-hetero) is 1. The molecule has 0 aliphatic heterocycles. The summed E-state index contributed by atoms with van der Waals surface area (Å²) in [4.78, 5) is 37.1. The lowest BCUT2D eigenvalue weighted by molar-refractivity contribution is -0.130. The number of hydrogen-bond acceptors (Lipinski definition) is 4. The van der Waals surface area contributed by atoms with E-state index in [1.165, 1.54) is 0 Å². The quantitative estimate of drug-likeness (QED) is 0.694. The number of hydrogen-bond donors (Lipinski definition) is 1. The van der Waals surface area contributed by atoms with Crippen molar-refractivity contribution in [2.45, 2.75) is 65.9 Å². The lowest BCUT2D eigenvalue weighted by Crippen LogP contribution is -2.56. The molecule has 7 atom stereocenters. The van der Waals surface area contributed by atoms with Crippen LogP contribution in [0.5, 0.6) is 0 Å². The van der Waals surface area contributed by atoms with E-state index < -0.39 is 17.6 Å². The molecule has 0 aromatic heterocycles. The smallest absolute Gasteiger partial charge is 0.407 e. The van der Waals surface area contributed by atoms with Gasteiger partial charge in [0, 0.05) is 29.3 Å². The van der Waals surface area contributed by atoms with Gasteiger partial charge in [-0.3, -0.25) is 9.59 Å². The highest BCUT2D eigenvalue weighted by molar-refractivity contribution is 6.32. The first-order chi connectivity index (χ1) is 14.1. The van der Waals surface area contributed by atoms with Crippen LogP contribution >= 0.6 is 11.6 Å². The predicted molar refractivity (Wildman–Crippen MR) is 115 cm³/mol. The van der Waals surface area contributed by atoms with Gasteiger partial charge in [0.15, 0.2) is 5.78 Å². The van der Waals surface area contributed by atoms with Crippen molar-refractivity contribution in [1.82, 2.24) is 5.32 Å². The molecule has 1 amide bonds. The van der Waals surface area contributed by atoms with E-state index in [0.717, 1.165) is 31.3 Å². The first-order valence-corrected chi connectivity index (χ1v) is 11.6. The molecule has 4 rings (SSSR count). The van der Waals surface area contributed by atoms with Gasteiger partial charge < -0.3 is 10.1 Å². The van der Waals surface area contributed by atoms with Crippen LogP contribution in [0.1, 0.15) is 59.8 Å². The topological polar surface area (TPSA) is 72.5 Å². The van der Waals surface area contributed by atoms with Crippen LogP contribution in [-0.4, -0.2) is 30.3 Å². The number of allylic oxidation sites excluding steroid dienone is 3. The van der Waals surface area contributed by atoms with E-state index in [0.29, 0.717) is 17.5 Å². The second-order valence-corrected chi connectivity index (χ2v) is 10.4. The van der Waals surface area contributed by atoms with Crippen LogP contribution in [0.2, 0.25) is 0 Å². The van der Waals surface area contributed by atoms with Gasteiger partial charge in [-0.05, 0) is 74.3 Å². The number of alkyl carbamates (subject to hydrolysis) is 1. The molecule has 164 valence electrons. The minimum atomic E-state index is -0.541. The van der Waals surface area contributed by atoms with Crippen molar-refractivity contribution >= 4 is 29.3 Å². The van der Waals surface area contributed by atoms with Gasteiger partial charge in [0.2, 0.25) is 0 Å². The molecule has 0 spiro atoms. The van der Waals surface area contributed by atoms with Gasteiger partial charge in [0.25, 0.3) is 0 Å². The summed E-state index contributed by atoms with van der Waals surface area (Å²) in [6.45, 7) is 8.42. The Labute approximate surface area is 183 Å². The number of amides is 1. The first-order valence-electron chi connectivity index (χ1n) is 11.2. The van der Waals surface area contributed by atoms with Crippen molar-refractivity contribution in [3.05, 3.63) is 22.8 Å². The Bertz CT molecular complexity index is 848. The Morgan fingerprint density at radius 3 is 2.63 bits per heavy atom. The van der Waals surface area contributed by atoms with Gasteiger partial charge in [-0.1, -0.05) is 31.5 Å². The van der Waals surface area contributed by atoms with Crippen molar-refractivity contribution in [3.8, 4) is 0 Å². The van der Waals surface area contributed by atoms with Gasteiger partial charge >= 0.3 is 6.09 Å². The predicted octanol–water partition coefficient (Wildman–Crippen LogP) is 4.79. The van der Waals surface area contributed by atoms with E-state index in [1.807, 2.05) is 6.92 Å². The maximum absolute atomic E-state index is 12.5. The van der Waals surface area contributed by atoms with Crippen LogP contribution in [0, 0.1) is 34.5 Å². The fourth-order valence-corrected chi connectivity index (χ4v) is 7.64. The Morgan fingerprint density at radius 1 is 1.23 bits per heavy atom. The number of ketones is 2. The number of halogens is 1. The zero-order valence-corrected chi connectivity index (χ0v) is 19.1. The van der Waals surface area contributed by atoms with E-state index >= 15 is 0 Å². The molecule has 0 saturated heterocycles. The van der Waals surface area contributed by atoms with Crippen LogP contribution in [0.4, 0.5) is 4.79 Å². The molecule has 0 radical (unpaired) electrons. The summed E-state index contributed by atoms with van der Waals surface area (Å²) < 4.78 is 5.82. The molecular weight excluding hydrogens is 402 g/mol. The summed E-state index contributed by atoms with van der Waals surface area (Å²) in [5, 5.41) is 3.29. The van der Waals surface area contributed by atoms with Crippen LogP contribution in [0.15, 0.2) is 22.8 Å². The maximum atomic E-state index is 12.5. The van der Waals surface area contributed by atoms with Gasteiger partial charge in [-0.25, -0.2) is 4.79 Å². The summed E-state index contributed by atoms with van der Waals surface area (Å²) in [5.41, 5.74) is 0.282. The third kappa shape index (κ3) is 3.07. The molecule has 4 aliphatic carbocycles. The average Bonchev–Trinajstić information content (AvgIpc) is 3.02. The van der Waals surface area contributed by atoms with Crippen LogP contribution in [0.25, 0.3) is 0 Å². The standard InChI is InChI=1S/C24H32ClNO4/c1-5-26-22(29)30-21-11-14(28)10-19-20(25)12-15-17-7-6-16(13(2)27)23(17,3)9-8-18(15)24(19,21)4/h10,12,15-18,21H,5-9,11H2,1-4H3,(H,26,29)/t15-,16+,17-,18-,21?,23+,24+/m0/s1. The highest BCUT2D eigenvalue weighted by Gasteiger charge is 2.62. The lowest BCUT2D eigenvalue weighted by Gasteiger charge is -2.57. The zero-order chi connectivity index (χ0) is 21.8. The molecular formula is C24H32ClNO4. The highest BCUT2D eigenvalue weighted by atomic mass is 35.5. The zero-order valence-electron chi connectivity index (χ0n) is 18.3. The van der Waals surface area contributed by atoms with Gasteiger partial charge in [0.05, 0.1) is 0 Å². The second-order valence-electron chi connectivity index (χ2n) is 10.0. The number of fused-ring (bicyclic) bond motifs is 5. The summed E-state index contributed by atoms with van der Waals surface area (Å²) in [6, 6.07) is 0. The maximum Gasteiger partial charge on any atom is 0.407 e. The molecule has 1 N–H and O–H groups in total. The van der Waals surface area contributed by atoms with Crippen molar-refractivity contribution in [1.29, 1.82) is 0 Å². The number of rotatable bonds is 3. The van der Waals surface area contributed by atoms with Crippen LogP contribution in [-0.2, 0) is 14.3 Å². The van der Waals surface area contributed by atoms with Crippen LogP contribution in [0.3, 0.4) is 0 Å². The van der Waals surface area contributed by atoms with E-state index in [4.69, 9.17) is 16.3 Å². The van der Waals surface area contributed by atoms with E-state index in [2.05, 4.69) is 25.2 Å². The minimum Gasteiger partial charge on any atom is -0.445 e. The molecule has 0 heterocycles. The van der Waals surface area contributed by atoms with E-state index in [1.54, 1.807) is 13.0 Å². The fraction of sp³-hybridized carbons (Fsp3) is 0.708.